The lowest BCUT2D eigenvalue weighted by Crippen LogP contribution is -2.42. The molecule has 1 aromatic rings. The van der Waals surface area contributed by atoms with Crippen LogP contribution in [0.5, 0.6) is 0 Å². The maximum atomic E-state index is 12.6. The minimum atomic E-state index is -0.483. The molecule has 0 saturated carbocycles. The van der Waals surface area contributed by atoms with Crippen LogP contribution in [0, 0.1) is 13.8 Å². The number of likely N-dealkylation sites (N-methyl/N-ethyl adjacent to an activating group) is 1. The molecule has 0 aromatic carbocycles. The molecular weight excluding hydrogens is 298 g/mol. The minimum Gasteiger partial charge on any atom is -0.461 e. The number of nitrogens with zero attached hydrogens (tertiary/aromatic N) is 1. The van der Waals surface area contributed by atoms with Crippen molar-refractivity contribution in [3.63, 3.8) is 0 Å². The molecule has 2 N–H and O–H groups in total. The van der Waals surface area contributed by atoms with Crippen molar-refractivity contribution in [2.75, 3.05) is 26.2 Å². The maximum Gasteiger partial charge on any atom is 0.355 e. The van der Waals surface area contributed by atoms with E-state index < -0.39 is 5.97 Å². The molecule has 1 rings (SSSR count). The smallest absolute Gasteiger partial charge is 0.355 e. The van der Waals surface area contributed by atoms with Gasteiger partial charge in [-0.3, -0.25) is 4.79 Å². The lowest BCUT2D eigenvalue weighted by Gasteiger charge is -2.20. The third-order valence-electron chi connectivity index (χ3n) is 3.53. The summed E-state index contributed by atoms with van der Waals surface area (Å²) in [6, 6.07) is -0.278. The van der Waals surface area contributed by atoms with Crippen LogP contribution < -0.4 is 5.32 Å². The molecule has 0 atom stereocenters. The number of aromatic amines is 1. The van der Waals surface area contributed by atoms with E-state index in [2.05, 4.69) is 10.3 Å². The molecule has 0 radical (unpaired) electrons. The number of ketones is 1. The number of carbonyl (C=O) groups excluding carboxylic acids is 3. The Morgan fingerprint density at radius 3 is 2.35 bits per heavy atom. The molecule has 1 aromatic heterocycles. The van der Waals surface area contributed by atoms with Gasteiger partial charge in [-0.2, -0.15) is 0 Å². The Kier molecular flexibility index (Phi) is 6.81. The largest absolute Gasteiger partial charge is 0.461 e. The molecule has 2 amide bonds. The number of H-pyrrole nitrogens is 1. The summed E-state index contributed by atoms with van der Waals surface area (Å²) in [6.07, 6.45) is 0. The Bertz CT molecular complexity index is 592. The molecule has 128 valence electrons. The third kappa shape index (κ3) is 4.34. The van der Waals surface area contributed by atoms with Crippen LogP contribution in [0.2, 0.25) is 0 Å². The van der Waals surface area contributed by atoms with E-state index in [9.17, 15) is 14.4 Å². The van der Waals surface area contributed by atoms with Crippen molar-refractivity contribution >= 4 is 17.8 Å². The van der Waals surface area contributed by atoms with Gasteiger partial charge >= 0.3 is 12.0 Å². The van der Waals surface area contributed by atoms with Gasteiger partial charge in [0.25, 0.3) is 0 Å². The Balaban J connectivity index is 3.00. The molecule has 0 bridgehead atoms. The van der Waals surface area contributed by atoms with Crippen molar-refractivity contribution in [1.82, 2.24) is 15.2 Å². The van der Waals surface area contributed by atoms with E-state index in [1.165, 1.54) is 4.90 Å². The minimum absolute atomic E-state index is 0.0376. The standard InChI is InChI=1S/C16H25N3O4/c1-6-17-16(22)19(7-2)9-12(20)13-10(4)14(18-11(13)5)15(21)23-8-3/h18H,6-9H2,1-5H3,(H,17,22). The van der Waals surface area contributed by atoms with Gasteiger partial charge in [-0.15, -0.1) is 0 Å². The third-order valence-corrected chi connectivity index (χ3v) is 3.53. The van der Waals surface area contributed by atoms with E-state index in [0.29, 0.717) is 29.9 Å². The summed E-state index contributed by atoms with van der Waals surface area (Å²) in [5.41, 5.74) is 1.88. The van der Waals surface area contributed by atoms with E-state index in [0.717, 1.165) is 0 Å². The van der Waals surface area contributed by atoms with Crippen LogP contribution in [0.3, 0.4) is 0 Å². The van der Waals surface area contributed by atoms with E-state index in [1.807, 2.05) is 13.8 Å². The molecule has 0 aliphatic carbocycles. The Labute approximate surface area is 136 Å². The number of Topliss-reactive ketones (excluding diaryl/α,β-unsaturated/α-hetero) is 1. The molecule has 7 heteroatoms. The average Bonchev–Trinajstić information content (AvgIpc) is 2.80. The van der Waals surface area contributed by atoms with E-state index in [4.69, 9.17) is 4.74 Å². The topological polar surface area (TPSA) is 91.5 Å². The number of rotatable bonds is 7. The zero-order valence-corrected chi connectivity index (χ0v) is 14.4. The van der Waals surface area contributed by atoms with Gasteiger partial charge in [-0.1, -0.05) is 0 Å². The normalized spacial score (nSPS) is 10.3. The molecule has 7 nitrogen and oxygen atoms in total. The van der Waals surface area contributed by atoms with Crippen LogP contribution in [0.1, 0.15) is 52.9 Å². The molecule has 0 fully saturated rings. The summed E-state index contributed by atoms with van der Waals surface area (Å²) < 4.78 is 4.97. The zero-order chi connectivity index (χ0) is 17.6. The SMILES string of the molecule is CCNC(=O)N(CC)CC(=O)c1c(C)[nH]c(C(=O)OCC)c1C. The maximum absolute atomic E-state index is 12.6. The number of aromatic nitrogens is 1. The number of esters is 1. The lowest BCUT2D eigenvalue weighted by atomic mass is 10.1. The fraction of sp³-hybridized carbons (Fsp3) is 0.562. The second-order valence-electron chi connectivity index (χ2n) is 5.12. The number of amides is 2. The summed E-state index contributed by atoms with van der Waals surface area (Å²) in [4.78, 5) is 40.7. The molecule has 1 heterocycles. The van der Waals surface area contributed by atoms with Gasteiger partial charge in [0.05, 0.1) is 13.2 Å². The molecule has 0 spiro atoms. The van der Waals surface area contributed by atoms with Crippen molar-refractivity contribution in [3.8, 4) is 0 Å². The number of carbonyl (C=O) groups is 3. The van der Waals surface area contributed by atoms with Crippen molar-refractivity contribution in [2.24, 2.45) is 0 Å². The summed E-state index contributed by atoms with van der Waals surface area (Å²) in [5.74, 6) is -0.692. The number of ether oxygens (including phenoxy) is 1. The second-order valence-corrected chi connectivity index (χ2v) is 5.12. The summed E-state index contributed by atoms with van der Waals surface area (Å²) in [6.45, 7) is 9.93. The highest BCUT2D eigenvalue weighted by atomic mass is 16.5. The first-order valence-corrected chi connectivity index (χ1v) is 7.79. The van der Waals surface area contributed by atoms with Crippen molar-refractivity contribution in [2.45, 2.75) is 34.6 Å². The van der Waals surface area contributed by atoms with E-state index in [-0.39, 0.29) is 30.7 Å². The van der Waals surface area contributed by atoms with E-state index >= 15 is 0 Å². The second kappa shape index (κ2) is 8.36. The molecule has 0 aliphatic heterocycles. The molecular formula is C16H25N3O4. The Hall–Kier alpha value is -2.31. The Morgan fingerprint density at radius 1 is 1.17 bits per heavy atom. The van der Waals surface area contributed by atoms with Gasteiger partial charge in [0.15, 0.2) is 5.78 Å². The molecule has 0 saturated heterocycles. The summed E-state index contributed by atoms with van der Waals surface area (Å²) in [7, 11) is 0. The number of hydrogen-bond donors (Lipinski definition) is 2. The first-order valence-electron chi connectivity index (χ1n) is 7.79. The highest BCUT2D eigenvalue weighted by Gasteiger charge is 2.24. The molecule has 0 aliphatic rings. The van der Waals surface area contributed by atoms with Crippen molar-refractivity contribution in [1.29, 1.82) is 0 Å². The Morgan fingerprint density at radius 2 is 1.83 bits per heavy atom. The first kappa shape index (κ1) is 18.7. The highest BCUT2D eigenvalue weighted by molar-refractivity contribution is 6.04. The molecule has 23 heavy (non-hydrogen) atoms. The van der Waals surface area contributed by atoms with Crippen LogP contribution in [0.4, 0.5) is 4.79 Å². The fourth-order valence-corrected chi connectivity index (χ4v) is 2.42. The zero-order valence-electron chi connectivity index (χ0n) is 14.4. The van der Waals surface area contributed by atoms with Gasteiger partial charge in [0, 0.05) is 24.3 Å². The van der Waals surface area contributed by atoms with Crippen LogP contribution in [-0.2, 0) is 4.74 Å². The van der Waals surface area contributed by atoms with Crippen LogP contribution in [-0.4, -0.2) is 53.9 Å². The van der Waals surface area contributed by atoms with E-state index in [1.54, 1.807) is 20.8 Å². The van der Waals surface area contributed by atoms with Crippen LogP contribution in [0.15, 0.2) is 0 Å². The fourth-order valence-electron chi connectivity index (χ4n) is 2.42. The summed E-state index contributed by atoms with van der Waals surface area (Å²) in [5, 5.41) is 2.68. The predicted molar refractivity (Wildman–Crippen MR) is 86.9 cm³/mol. The van der Waals surface area contributed by atoms with Gasteiger partial charge in [-0.05, 0) is 40.2 Å². The summed E-state index contributed by atoms with van der Waals surface area (Å²) >= 11 is 0. The number of nitrogens with one attached hydrogen (secondary N) is 2. The van der Waals surface area contributed by atoms with Gasteiger partial charge in [0.1, 0.15) is 5.69 Å². The highest BCUT2D eigenvalue weighted by Crippen LogP contribution is 2.20. The quantitative estimate of drug-likeness (QED) is 0.593. The van der Waals surface area contributed by atoms with Gasteiger partial charge in [-0.25, -0.2) is 9.59 Å². The van der Waals surface area contributed by atoms with Crippen LogP contribution in [0.25, 0.3) is 0 Å². The number of aryl methyl sites for hydroxylation is 1. The van der Waals surface area contributed by atoms with Crippen molar-refractivity contribution < 1.29 is 19.1 Å². The van der Waals surface area contributed by atoms with Gasteiger partial charge in [0.2, 0.25) is 0 Å². The van der Waals surface area contributed by atoms with Crippen LogP contribution >= 0.6 is 0 Å². The predicted octanol–water partition coefficient (Wildman–Crippen LogP) is 2.04. The first-order chi connectivity index (χ1) is 10.9. The average molecular weight is 323 g/mol. The lowest BCUT2D eigenvalue weighted by molar-refractivity contribution is 0.0519. The van der Waals surface area contributed by atoms with Gasteiger partial charge < -0.3 is 19.9 Å². The number of hydrogen-bond acceptors (Lipinski definition) is 4. The molecule has 0 unspecified atom stereocenters. The number of urea groups is 1. The van der Waals surface area contributed by atoms with Crippen molar-refractivity contribution in [3.05, 3.63) is 22.5 Å². The monoisotopic (exact) mass is 323 g/mol.